The first-order chi connectivity index (χ1) is 14.7. The Labute approximate surface area is 183 Å². The minimum atomic E-state index is -0.163. The maximum atomic E-state index is 12.5. The highest BCUT2D eigenvalue weighted by molar-refractivity contribution is 8.18. The lowest BCUT2D eigenvalue weighted by atomic mass is 10.1. The Morgan fingerprint density at radius 3 is 2.90 bits per heavy atom. The molecule has 1 aliphatic heterocycles. The smallest absolute Gasteiger partial charge is 0.293 e. The van der Waals surface area contributed by atoms with Crippen molar-refractivity contribution in [1.29, 1.82) is 0 Å². The summed E-state index contributed by atoms with van der Waals surface area (Å²) >= 11 is 2.81. The van der Waals surface area contributed by atoms with Gasteiger partial charge in [-0.25, -0.2) is 4.98 Å². The normalized spacial score (nSPS) is 15.6. The number of carbonyl (C=O) groups is 2. The number of hydrogen-bond donors (Lipinski definition) is 0. The summed E-state index contributed by atoms with van der Waals surface area (Å²) in [5, 5.41) is 0.983. The van der Waals surface area contributed by atoms with Gasteiger partial charge in [-0.3, -0.25) is 23.9 Å². The van der Waals surface area contributed by atoms with Crippen LogP contribution in [0.15, 0.2) is 71.1 Å². The highest BCUT2D eigenvalue weighted by atomic mass is 32.2. The zero-order valence-corrected chi connectivity index (χ0v) is 18.1. The average molecular weight is 439 g/mol. The fraction of sp³-hybridized carbons (Fsp3) is 0.273. The van der Waals surface area contributed by atoms with Crippen molar-refractivity contribution >= 4 is 40.3 Å². The molecule has 6 nitrogen and oxygen atoms in total. The van der Waals surface area contributed by atoms with Gasteiger partial charge in [-0.15, -0.1) is 11.8 Å². The van der Waals surface area contributed by atoms with Gasteiger partial charge in [0.15, 0.2) is 0 Å². The zero-order chi connectivity index (χ0) is 20.8. The van der Waals surface area contributed by atoms with E-state index >= 15 is 0 Å². The first-order valence-electron chi connectivity index (χ1n) is 9.90. The van der Waals surface area contributed by atoms with Crippen molar-refractivity contribution in [2.45, 2.75) is 30.7 Å². The van der Waals surface area contributed by atoms with Crippen LogP contribution in [-0.2, 0) is 11.2 Å². The maximum absolute atomic E-state index is 12.5. The molecular formula is C22H22N4O2S2. The number of hydrogen-bond acceptors (Lipinski definition) is 6. The summed E-state index contributed by atoms with van der Waals surface area (Å²) in [6.45, 7) is 0.473. The highest BCUT2D eigenvalue weighted by Crippen LogP contribution is 2.31. The van der Waals surface area contributed by atoms with Gasteiger partial charge >= 0.3 is 0 Å². The van der Waals surface area contributed by atoms with Gasteiger partial charge < -0.3 is 0 Å². The number of rotatable bonds is 9. The Morgan fingerprint density at radius 2 is 2.03 bits per heavy atom. The molecule has 0 aliphatic carbocycles. The summed E-state index contributed by atoms with van der Waals surface area (Å²) < 4.78 is 2.07. The quantitative estimate of drug-likeness (QED) is 0.271. The number of allylic oxidation sites excluding steroid dienone is 1. The van der Waals surface area contributed by atoms with Crippen LogP contribution < -0.4 is 0 Å². The molecule has 0 radical (unpaired) electrons. The SMILES string of the molecule is O=C1S/C(=C/CCc2cccnc2)C(=O)N1CCCCSc1cccc2nccn12. The monoisotopic (exact) mass is 438 g/mol. The molecule has 30 heavy (non-hydrogen) atoms. The first kappa shape index (κ1) is 20.7. The molecular weight excluding hydrogens is 416 g/mol. The summed E-state index contributed by atoms with van der Waals surface area (Å²) in [5.74, 6) is 0.765. The Balaban J connectivity index is 1.22. The third-order valence-electron chi connectivity index (χ3n) is 4.78. The summed E-state index contributed by atoms with van der Waals surface area (Å²) in [6.07, 6.45) is 12.4. The minimum absolute atomic E-state index is 0.160. The molecule has 3 aromatic heterocycles. The number of imidazole rings is 1. The Morgan fingerprint density at radius 1 is 1.10 bits per heavy atom. The molecule has 154 valence electrons. The standard InChI is InChI=1S/C22H22N4O2S2/c27-21-18(8-3-6-17-7-5-11-23-16-17)30-22(28)26(21)13-1-2-15-29-20-10-4-9-19-24-12-14-25(19)20/h4-5,7-12,14,16H,1-3,6,13,15H2/b18-8+. The highest BCUT2D eigenvalue weighted by Gasteiger charge is 2.34. The molecule has 0 unspecified atom stereocenters. The number of aromatic nitrogens is 3. The van der Waals surface area contributed by atoms with E-state index in [0.717, 1.165) is 59.4 Å². The van der Waals surface area contributed by atoms with Gasteiger partial charge in [-0.05, 0) is 67.0 Å². The molecule has 4 rings (SSSR count). The van der Waals surface area contributed by atoms with E-state index in [1.54, 1.807) is 24.2 Å². The summed E-state index contributed by atoms with van der Waals surface area (Å²) in [4.78, 5) is 35.1. The number of pyridine rings is 2. The number of unbranched alkanes of at least 4 members (excludes halogenated alkanes) is 1. The second-order valence-electron chi connectivity index (χ2n) is 6.87. The number of carbonyl (C=O) groups excluding carboxylic acids is 2. The van der Waals surface area contributed by atoms with Crippen LogP contribution in [0.4, 0.5) is 4.79 Å². The van der Waals surface area contributed by atoms with Crippen LogP contribution in [-0.4, -0.2) is 42.7 Å². The molecule has 2 amide bonds. The second kappa shape index (κ2) is 9.95. The van der Waals surface area contributed by atoms with Gasteiger partial charge in [0.2, 0.25) is 0 Å². The van der Waals surface area contributed by atoms with Gasteiger partial charge in [0.25, 0.3) is 11.1 Å². The third-order valence-corrected chi connectivity index (χ3v) is 6.85. The fourth-order valence-corrected chi connectivity index (χ4v) is 5.13. The van der Waals surface area contributed by atoms with Crippen LogP contribution in [0.1, 0.15) is 24.8 Å². The average Bonchev–Trinajstić information content (AvgIpc) is 3.34. The lowest BCUT2D eigenvalue weighted by Crippen LogP contribution is -2.29. The van der Waals surface area contributed by atoms with Crippen molar-refractivity contribution in [2.75, 3.05) is 12.3 Å². The van der Waals surface area contributed by atoms with Crippen LogP contribution in [0.3, 0.4) is 0 Å². The summed E-state index contributed by atoms with van der Waals surface area (Å²) in [7, 11) is 0. The molecule has 1 aliphatic rings. The molecule has 1 saturated heterocycles. The topological polar surface area (TPSA) is 67.6 Å². The van der Waals surface area contributed by atoms with Crippen LogP contribution in [0.5, 0.6) is 0 Å². The van der Waals surface area contributed by atoms with Gasteiger partial charge in [-0.1, -0.05) is 18.2 Å². The molecule has 0 atom stereocenters. The lowest BCUT2D eigenvalue weighted by molar-refractivity contribution is -0.122. The zero-order valence-electron chi connectivity index (χ0n) is 16.4. The van der Waals surface area contributed by atoms with Crippen molar-refractivity contribution in [3.05, 3.63) is 71.7 Å². The van der Waals surface area contributed by atoms with Gasteiger partial charge in [0.1, 0.15) is 5.65 Å². The predicted octanol–water partition coefficient (Wildman–Crippen LogP) is 4.81. The third kappa shape index (κ3) is 4.94. The Kier molecular flexibility index (Phi) is 6.86. The molecule has 0 spiro atoms. The van der Waals surface area contributed by atoms with E-state index < -0.39 is 0 Å². The number of fused-ring (bicyclic) bond motifs is 1. The van der Waals surface area contributed by atoms with E-state index in [-0.39, 0.29) is 11.1 Å². The molecule has 8 heteroatoms. The molecule has 1 fully saturated rings. The van der Waals surface area contributed by atoms with E-state index in [1.807, 2.05) is 42.7 Å². The second-order valence-corrected chi connectivity index (χ2v) is 8.98. The van der Waals surface area contributed by atoms with Crippen LogP contribution in [0.2, 0.25) is 0 Å². The van der Waals surface area contributed by atoms with Crippen molar-refractivity contribution < 1.29 is 9.59 Å². The van der Waals surface area contributed by atoms with Crippen LogP contribution in [0, 0.1) is 0 Å². The lowest BCUT2D eigenvalue weighted by Gasteiger charge is -2.12. The number of amides is 2. The number of imide groups is 1. The molecule has 3 aromatic rings. The number of nitrogens with zero attached hydrogens (tertiary/aromatic N) is 4. The number of thioether (sulfide) groups is 2. The summed E-state index contributed by atoms with van der Waals surface area (Å²) in [5.41, 5.74) is 2.06. The first-order valence-corrected chi connectivity index (χ1v) is 11.7. The van der Waals surface area contributed by atoms with Gasteiger partial charge in [0.05, 0.1) is 9.93 Å². The molecule has 0 aromatic carbocycles. The molecule has 4 heterocycles. The van der Waals surface area contributed by atoms with Crippen molar-refractivity contribution in [3.8, 4) is 0 Å². The van der Waals surface area contributed by atoms with E-state index in [1.165, 1.54) is 4.90 Å². The molecule has 0 N–H and O–H groups in total. The minimum Gasteiger partial charge on any atom is -0.294 e. The molecule has 0 bridgehead atoms. The molecule has 0 saturated carbocycles. The summed E-state index contributed by atoms with van der Waals surface area (Å²) in [6, 6.07) is 9.97. The van der Waals surface area contributed by atoms with E-state index in [0.29, 0.717) is 11.4 Å². The Bertz CT molecular complexity index is 1070. The van der Waals surface area contributed by atoms with E-state index in [9.17, 15) is 9.59 Å². The predicted molar refractivity (Wildman–Crippen MR) is 120 cm³/mol. The number of aryl methyl sites for hydroxylation is 1. The van der Waals surface area contributed by atoms with Crippen LogP contribution in [0.25, 0.3) is 5.65 Å². The fourth-order valence-electron chi connectivity index (χ4n) is 3.23. The Hall–Kier alpha value is -2.58. The largest absolute Gasteiger partial charge is 0.294 e. The maximum Gasteiger partial charge on any atom is 0.293 e. The van der Waals surface area contributed by atoms with Crippen molar-refractivity contribution in [2.24, 2.45) is 0 Å². The van der Waals surface area contributed by atoms with E-state index in [2.05, 4.69) is 20.4 Å². The van der Waals surface area contributed by atoms with E-state index in [4.69, 9.17) is 0 Å². The van der Waals surface area contributed by atoms with Crippen LogP contribution >= 0.6 is 23.5 Å². The van der Waals surface area contributed by atoms with Crippen molar-refractivity contribution in [1.82, 2.24) is 19.3 Å². The van der Waals surface area contributed by atoms with Gasteiger partial charge in [0, 0.05) is 31.3 Å². The van der Waals surface area contributed by atoms with Gasteiger partial charge in [-0.2, -0.15) is 0 Å². The van der Waals surface area contributed by atoms with Crippen molar-refractivity contribution in [3.63, 3.8) is 0 Å².